The Morgan fingerprint density at radius 1 is 1.33 bits per heavy atom. The van der Waals surface area contributed by atoms with E-state index >= 15 is 0 Å². The first-order chi connectivity index (χ1) is 8.43. The smallest absolute Gasteiger partial charge is 0.233 e. The second kappa shape index (κ2) is 4.93. The standard InChI is InChI=1S/C12H12BrNO3S/c1-6-7(2)12(17)14(11(6)16)5-9(15)10-8(13)3-4-18-10/h3-4,6-7H,5H2,1-2H3. The number of thiophene rings is 1. The molecular weight excluding hydrogens is 318 g/mol. The molecule has 0 aromatic carbocycles. The second-order valence-corrected chi connectivity index (χ2v) is 6.13. The molecule has 1 aromatic heterocycles. The number of carbonyl (C=O) groups excluding carboxylic acids is 3. The van der Waals surface area contributed by atoms with E-state index in [-0.39, 0.29) is 36.0 Å². The molecule has 1 aliphatic rings. The number of ketones is 1. The number of hydrogen-bond donors (Lipinski definition) is 0. The summed E-state index contributed by atoms with van der Waals surface area (Å²) in [4.78, 5) is 37.4. The van der Waals surface area contributed by atoms with Crippen LogP contribution in [0.2, 0.25) is 0 Å². The van der Waals surface area contributed by atoms with Crippen LogP contribution in [0.5, 0.6) is 0 Å². The van der Waals surface area contributed by atoms with Crippen LogP contribution >= 0.6 is 27.3 Å². The number of Topliss-reactive ketones (excluding diaryl/α,β-unsaturated/α-hetero) is 1. The fraction of sp³-hybridized carbons (Fsp3) is 0.417. The summed E-state index contributed by atoms with van der Waals surface area (Å²) in [6.07, 6.45) is 0. The van der Waals surface area contributed by atoms with E-state index in [1.807, 2.05) is 0 Å². The summed E-state index contributed by atoms with van der Waals surface area (Å²) in [6.45, 7) is 3.28. The third kappa shape index (κ3) is 2.14. The lowest BCUT2D eigenvalue weighted by Gasteiger charge is -2.12. The Morgan fingerprint density at radius 2 is 1.89 bits per heavy atom. The Balaban J connectivity index is 2.16. The van der Waals surface area contributed by atoms with Crippen molar-refractivity contribution in [2.24, 2.45) is 11.8 Å². The molecule has 0 radical (unpaired) electrons. The highest BCUT2D eigenvalue weighted by atomic mass is 79.9. The highest BCUT2D eigenvalue weighted by molar-refractivity contribution is 9.10. The number of rotatable bonds is 3. The minimum absolute atomic E-state index is 0.161. The van der Waals surface area contributed by atoms with Crippen molar-refractivity contribution in [1.82, 2.24) is 4.90 Å². The lowest BCUT2D eigenvalue weighted by Crippen LogP contribution is -2.35. The molecule has 0 bridgehead atoms. The van der Waals surface area contributed by atoms with E-state index in [9.17, 15) is 14.4 Å². The summed E-state index contributed by atoms with van der Waals surface area (Å²) >= 11 is 4.57. The number of halogens is 1. The summed E-state index contributed by atoms with van der Waals surface area (Å²) in [6, 6.07) is 1.77. The first kappa shape index (κ1) is 13.4. The predicted molar refractivity (Wildman–Crippen MR) is 71.4 cm³/mol. The number of nitrogens with zero attached hydrogens (tertiary/aromatic N) is 1. The van der Waals surface area contributed by atoms with Crippen LogP contribution in [-0.2, 0) is 9.59 Å². The van der Waals surface area contributed by atoms with Crippen molar-refractivity contribution in [1.29, 1.82) is 0 Å². The summed E-state index contributed by atoms with van der Waals surface area (Å²) < 4.78 is 0.706. The summed E-state index contributed by atoms with van der Waals surface area (Å²) in [5, 5.41) is 1.79. The van der Waals surface area contributed by atoms with Gasteiger partial charge >= 0.3 is 0 Å². The third-order valence-corrected chi connectivity index (χ3v) is 5.11. The molecule has 0 aliphatic carbocycles. The van der Waals surface area contributed by atoms with Gasteiger partial charge in [-0.2, -0.15) is 0 Å². The van der Waals surface area contributed by atoms with E-state index in [0.717, 1.165) is 4.90 Å². The van der Waals surface area contributed by atoms with Crippen molar-refractivity contribution in [2.45, 2.75) is 13.8 Å². The van der Waals surface area contributed by atoms with E-state index in [0.29, 0.717) is 9.35 Å². The number of amides is 2. The first-order valence-electron chi connectivity index (χ1n) is 5.55. The van der Waals surface area contributed by atoms with Crippen molar-refractivity contribution in [3.05, 3.63) is 20.8 Å². The lowest BCUT2D eigenvalue weighted by molar-refractivity contribution is -0.139. The van der Waals surface area contributed by atoms with Crippen molar-refractivity contribution in [3.63, 3.8) is 0 Å². The fourth-order valence-electron chi connectivity index (χ4n) is 1.89. The van der Waals surface area contributed by atoms with E-state index in [2.05, 4.69) is 15.9 Å². The molecule has 1 fully saturated rings. The monoisotopic (exact) mass is 329 g/mol. The average Bonchev–Trinajstić information content (AvgIpc) is 2.84. The van der Waals surface area contributed by atoms with Gasteiger partial charge in [0.15, 0.2) is 5.78 Å². The van der Waals surface area contributed by atoms with Crippen molar-refractivity contribution in [2.75, 3.05) is 6.54 Å². The van der Waals surface area contributed by atoms with Crippen LogP contribution in [-0.4, -0.2) is 29.0 Å². The van der Waals surface area contributed by atoms with Crippen LogP contribution in [0.1, 0.15) is 23.5 Å². The van der Waals surface area contributed by atoms with E-state index < -0.39 is 0 Å². The topological polar surface area (TPSA) is 54.5 Å². The summed E-state index contributed by atoms with van der Waals surface area (Å²) in [7, 11) is 0. The van der Waals surface area contributed by atoms with Crippen molar-refractivity contribution in [3.8, 4) is 0 Å². The molecule has 2 heterocycles. The minimum atomic E-state index is -0.336. The number of carbonyl (C=O) groups is 3. The number of hydrogen-bond acceptors (Lipinski definition) is 4. The normalized spacial score (nSPS) is 23.8. The Bertz CT molecular complexity index is 505. The van der Waals surface area contributed by atoms with Crippen molar-refractivity contribution < 1.29 is 14.4 Å². The Labute approximate surface area is 117 Å². The molecule has 96 valence electrons. The molecule has 1 aliphatic heterocycles. The molecule has 2 amide bonds. The molecule has 2 rings (SSSR count). The summed E-state index contributed by atoms with van der Waals surface area (Å²) in [5.74, 6) is -1.39. The van der Waals surface area contributed by atoms with Gasteiger partial charge in [-0.1, -0.05) is 13.8 Å². The zero-order valence-electron chi connectivity index (χ0n) is 9.97. The number of imide groups is 1. The molecule has 2 atom stereocenters. The minimum Gasteiger partial charge on any atom is -0.291 e. The van der Waals surface area contributed by atoms with Crippen LogP contribution in [0.25, 0.3) is 0 Å². The highest BCUT2D eigenvalue weighted by Crippen LogP contribution is 2.27. The van der Waals surface area contributed by atoms with Gasteiger partial charge in [0.05, 0.1) is 11.4 Å². The summed E-state index contributed by atoms with van der Waals surface area (Å²) in [5.41, 5.74) is 0. The van der Waals surface area contributed by atoms with Gasteiger partial charge in [-0.3, -0.25) is 19.3 Å². The Morgan fingerprint density at radius 3 is 2.33 bits per heavy atom. The zero-order valence-corrected chi connectivity index (χ0v) is 12.4. The van der Waals surface area contributed by atoms with Gasteiger partial charge in [0.2, 0.25) is 11.8 Å². The molecular formula is C12H12BrNO3S. The van der Waals surface area contributed by atoms with Crippen LogP contribution in [0.15, 0.2) is 15.9 Å². The van der Waals surface area contributed by atoms with Crippen LogP contribution in [0.3, 0.4) is 0 Å². The van der Waals surface area contributed by atoms with Gasteiger partial charge in [-0.15, -0.1) is 11.3 Å². The maximum absolute atomic E-state index is 12.0. The largest absolute Gasteiger partial charge is 0.291 e. The second-order valence-electron chi connectivity index (χ2n) is 4.36. The van der Waals surface area contributed by atoms with Gasteiger partial charge in [0, 0.05) is 16.3 Å². The van der Waals surface area contributed by atoms with Crippen molar-refractivity contribution >= 4 is 44.9 Å². The highest BCUT2D eigenvalue weighted by Gasteiger charge is 2.43. The zero-order chi connectivity index (χ0) is 13.4. The molecule has 0 saturated carbocycles. The van der Waals surface area contributed by atoms with E-state index in [1.165, 1.54) is 11.3 Å². The molecule has 2 unspecified atom stereocenters. The van der Waals surface area contributed by atoms with Gasteiger partial charge in [0.1, 0.15) is 0 Å². The van der Waals surface area contributed by atoms with Crippen LogP contribution in [0.4, 0.5) is 0 Å². The van der Waals surface area contributed by atoms with Gasteiger partial charge < -0.3 is 0 Å². The lowest BCUT2D eigenvalue weighted by atomic mass is 10.00. The van der Waals surface area contributed by atoms with Crippen LogP contribution in [0, 0.1) is 11.8 Å². The molecule has 6 heteroatoms. The average molecular weight is 330 g/mol. The predicted octanol–water partition coefficient (Wildman–Crippen LogP) is 2.33. The Hall–Kier alpha value is -1.01. The maximum atomic E-state index is 12.0. The molecule has 1 aromatic rings. The van der Waals surface area contributed by atoms with Gasteiger partial charge in [0.25, 0.3) is 0 Å². The van der Waals surface area contributed by atoms with E-state index in [4.69, 9.17) is 0 Å². The van der Waals surface area contributed by atoms with Gasteiger partial charge in [-0.05, 0) is 27.4 Å². The first-order valence-corrected chi connectivity index (χ1v) is 7.22. The number of likely N-dealkylation sites (tertiary alicyclic amines) is 1. The molecule has 1 saturated heterocycles. The molecule has 0 N–H and O–H groups in total. The third-order valence-electron chi connectivity index (χ3n) is 3.23. The maximum Gasteiger partial charge on any atom is 0.233 e. The van der Waals surface area contributed by atoms with Gasteiger partial charge in [-0.25, -0.2) is 0 Å². The SMILES string of the molecule is CC1C(=O)N(CC(=O)c2sccc2Br)C(=O)C1C. The van der Waals surface area contributed by atoms with E-state index in [1.54, 1.807) is 25.3 Å². The molecule has 4 nitrogen and oxygen atoms in total. The Kier molecular flexibility index (Phi) is 3.68. The fourth-order valence-corrected chi connectivity index (χ4v) is 3.42. The molecule has 18 heavy (non-hydrogen) atoms. The quantitative estimate of drug-likeness (QED) is 0.631. The van der Waals surface area contributed by atoms with Crippen LogP contribution < -0.4 is 0 Å². The molecule has 0 spiro atoms.